The molecule has 2 aliphatic carbocycles. The minimum atomic E-state index is -0.338. The summed E-state index contributed by atoms with van der Waals surface area (Å²) in [5, 5.41) is 4.69. The topological polar surface area (TPSA) is 56.8 Å². The number of amides is 2. The second kappa shape index (κ2) is 10.9. The summed E-state index contributed by atoms with van der Waals surface area (Å²) < 4.78 is 1.03. The number of halogens is 1. The van der Waals surface area contributed by atoms with Crippen LogP contribution in [0.3, 0.4) is 0 Å². The minimum Gasteiger partial charge on any atom is -0.340 e. The van der Waals surface area contributed by atoms with Crippen molar-refractivity contribution >= 4 is 56.2 Å². The van der Waals surface area contributed by atoms with Gasteiger partial charge in [-0.25, -0.2) is 4.98 Å². The third-order valence-electron chi connectivity index (χ3n) is 11.6. The van der Waals surface area contributed by atoms with Crippen LogP contribution in [-0.4, -0.2) is 76.8 Å². The summed E-state index contributed by atoms with van der Waals surface area (Å²) >= 11 is 9.97. The number of thiophene rings is 1. The summed E-state index contributed by atoms with van der Waals surface area (Å²) in [6.07, 6.45) is 4.19. The number of nitrogens with zero attached hydrogens (tertiary/aromatic N) is 4. The predicted octanol–water partition coefficient (Wildman–Crippen LogP) is 7.50. The molecule has 0 bridgehead atoms. The van der Waals surface area contributed by atoms with Gasteiger partial charge in [0.05, 0.1) is 15.4 Å². The van der Waals surface area contributed by atoms with Gasteiger partial charge in [0.1, 0.15) is 4.88 Å². The fourth-order valence-electron chi connectivity index (χ4n) is 9.10. The summed E-state index contributed by atoms with van der Waals surface area (Å²) in [4.78, 5) is 39.9. The van der Waals surface area contributed by atoms with Crippen LogP contribution in [-0.2, 0) is 4.79 Å². The van der Waals surface area contributed by atoms with Gasteiger partial charge in [-0.3, -0.25) is 14.5 Å². The van der Waals surface area contributed by atoms with E-state index < -0.39 is 0 Å². The first-order chi connectivity index (χ1) is 21.7. The molecule has 2 aromatic heterocycles. The lowest BCUT2D eigenvalue weighted by molar-refractivity contribution is -0.144. The molecule has 0 N–H and O–H groups in total. The van der Waals surface area contributed by atoms with Crippen molar-refractivity contribution in [2.45, 2.75) is 45.6 Å². The average molecular weight is 659 g/mol. The van der Waals surface area contributed by atoms with E-state index in [0.717, 1.165) is 58.8 Å². The number of benzene rings is 2. The molecule has 2 saturated carbocycles. The SMILES string of the molecule is CC1CCC2C(C)(C)C2(C(=O)N2CCN(C3CN(C(=O)c4sc5cc(-c6ccccc6)ccc5c4Cl)C3)CC2)C1c1nccs1. The van der Waals surface area contributed by atoms with E-state index in [1.807, 2.05) is 35.4 Å². The standard InChI is InChI=1S/C36H39ClN4O2S2/c1-22-9-12-28-35(2,3)36(28,29(22)32-38-13-18-44-32)34(43)40-16-14-39(15-17-40)25-20-41(21-25)33(42)31-30(37)26-11-10-24(19-27(26)45-31)23-7-5-4-6-8-23/h4-8,10-11,13,18-19,22,25,28-29H,9,12,14-17,20-21H2,1-3H3. The van der Waals surface area contributed by atoms with E-state index in [4.69, 9.17) is 16.6 Å². The lowest BCUT2D eigenvalue weighted by atomic mass is 9.69. The predicted molar refractivity (Wildman–Crippen MR) is 183 cm³/mol. The van der Waals surface area contributed by atoms with E-state index in [1.165, 1.54) is 17.8 Å². The van der Waals surface area contributed by atoms with Crippen LogP contribution in [0.5, 0.6) is 0 Å². The molecular weight excluding hydrogens is 620 g/mol. The van der Waals surface area contributed by atoms with Gasteiger partial charge >= 0.3 is 0 Å². The maximum absolute atomic E-state index is 14.5. The maximum Gasteiger partial charge on any atom is 0.265 e. The minimum absolute atomic E-state index is 0.00582. The van der Waals surface area contributed by atoms with E-state index in [9.17, 15) is 9.59 Å². The molecule has 4 heterocycles. The molecule has 4 aliphatic rings. The van der Waals surface area contributed by atoms with E-state index in [1.54, 1.807) is 11.3 Å². The highest BCUT2D eigenvalue weighted by Gasteiger charge is 2.80. The van der Waals surface area contributed by atoms with E-state index in [0.29, 0.717) is 46.8 Å². The van der Waals surface area contributed by atoms with Crippen molar-refractivity contribution in [3.8, 4) is 11.1 Å². The Morgan fingerprint density at radius 1 is 0.956 bits per heavy atom. The highest BCUT2D eigenvalue weighted by Crippen LogP contribution is 2.80. The van der Waals surface area contributed by atoms with Gasteiger partial charge in [-0.2, -0.15) is 0 Å². The van der Waals surface area contributed by atoms with Crippen LogP contribution in [0.1, 0.15) is 54.2 Å². The summed E-state index contributed by atoms with van der Waals surface area (Å²) in [5.41, 5.74) is 1.93. The molecule has 4 atom stereocenters. The largest absolute Gasteiger partial charge is 0.340 e. The van der Waals surface area contributed by atoms with Gasteiger partial charge < -0.3 is 9.80 Å². The van der Waals surface area contributed by atoms with E-state index in [2.05, 4.69) is 60.2 Å². The molecule has 4 aromatic rings. The van der Waals surface area contributed by atoms with Crippen molar-refractivity contribution in [3.05, 3.63) is 75.0 Å². The Morgan fingerprint density at radius 3 is 2.42 bits per heavy atom. The number of hydrogen-bond donors (Lipinski definition) is 0. The van der Waals surface area contributed by atoms with Gasteiger partial charge in [0.2, 0.25) is 5.91 Å². The molecule has 0 spiro atoms. The maximum atomic E-state index is 14.5. The first-order valence-electron chi connectivity index (χ1n) is 16.2. The second-order valence-corrected chi connectivity index (χ2v) is 16.4. The van der Waals surface area contributed by atoms with Gasteiger partial charge in [0.15, 0.2) is 0 Å². The quantitative estimate of drug-likeness (QED) is 0.223. The Kier molecular flexibility index (Phi) is 7.17. The Morgan fingerprint density at radius 2 is 1.71 bits per heavy atom. The number of piperazine rings is 1. The molecule has 2 aliphatic heterocycles. The van der Waals surface area contributed by atoms with Crippen LogP contribution < -0.4 is 0 Å². The van der Waals surface area contributed by atoms with Crippen LogP contribution in [0.4, 0.5) is 0 Å². The van der Waals surface area contributed by atoms with Crippen molar-refractivity contribution in [2.24, 2.45) is 22.7 Å². The number of carbonyl (C=O) groups excluding carboxylic acids is 2. The van der Waals surface area contributed by atoms with Crippen LogP contribution in [0.25, 0.3) is 21.2 Å². The summed E-state index contributed by atoms with van der Waals surface area (Å²) in [5.74, 6) is 1.46. The number of likely N-dealkylation sites (tertiary alicyclic amines) is 1. The first kappa shape index (κ1) is 29.6. The van der Waals surface area contributed by atoms with Crippen LogP contribution in [0, 0.1) is 22.7 Å². The third-order valence-corrected chi connectivity index (χ3v) is 14.1. The Balaban J connectivity index is 0.914. The monoisotopic (exact) mass is 658 g/mol. The number of aromatic nitrogens is 1. The number of thiazole rings is 1. The van der Waals surface area contributed by atoms with E-state index in [-0.39, 0.29) is 22.7 Å². The molecule has 2 saturated heterocycles. The summed E-state index contributed by atoms with van der Waals surface area (Å²) in [6, 6.07) is 16.8. The zero-order valence-electron chi connectivity index (χ0n) is 26.0. The lowest BCUT2D eigenvalue weighted by Gasteiger charge is -2.49. The highest BCUT2D eigenvalue weighted by atomic mass is 35.5. The molecule has 8 rings (SSSR count). The van der Waals surface area contributed by atoms with Crippen LogP contribution in [0.2, 0.25) is 5.02 Å². The Bertz CT molecular complexity index is 1760. The van der Waals surface area contributed by atoms with Crippen molar-refractivity contribution in [2.75, 3.05) is 39.3 Å². The van der Waals surface area contributed by atoms with Gasteiger partial charge in [0.25, 0.3) is 5.91 Å². The fourth-order valence-corrected chi connectivity index (χ4v) is 11.6. The van der Waals surface area contributed by atoms with Crippen LogP contribution in [0.15, 0.2) is 60.1 Å². The zero-order valence-corrected chi connectivity index (χ0v) is 28.4. The summed E-state index contributed by atoms with van der Waals surface area (Å²) in [7, 11) is 0. The lowest BCUT2D eigenvalue weighted by Crippen LogP contribution is -2.65. The molecule has 45 heavy (non-hydrogen) atoms. The number of carbonyl (C=O) groups is 2. The van der Waals surface area contributed by atoms with Crippen LogP contribution >= 0.6 is 34.3 Å². The number of fused-ring (bicyclic) bond motifs is 2. The van der Waals surface area contributed by atoms with Crippen molar-refractivity contribution in [1.29, 1.82) is 0 Å². The second-order valence-electron chi connectivity index (χ2n) is 14.1. The van der Waals surface area contributed by atoms with Gasteiger partial charge in [-0.1, -0.05) is 74.8 Å². The van der Waals surface area contributed by atoms with Gasteiger partial charge in [0, 0.05) is 72.9 Å². The van der Waals surface area contributed by atoms with E-state index >= 15 is 0 Å². The molecule has 4 fully saturated rings. The molecule has 234 valence electrons. The van der Waals surface area contributed by atoms with Crippen molar-refractivity contribution < 1.29 is 9.59 Å². The van der Waals surface area contributed by atoms with Crippen molar-refractivity contribution in [1.82, 2.24) is 19.7 Å². The van der Waals surface area contributed by atoms with Gasteiger partial charge in [-0.05, 0) is 47.3 Å². The molecule has 2 aromatic carbocycles. The normalized spacial score (nSPS) is 28.1. The molecule has 6 nitrogen and oxygen atoms in total. The molecule has 0 radical (unpaired) electrons. The summed E-state index contributed by atoms with van der Waals surface area (Å²) in [6.45, 7) is 11.6. The average Bonchev–Trinajstić information content (AvgIpc) is 3.41. The highest BCUT2D eigenvalue weighted by molar-refractivity contribution is 7.21. The number of hydrogen-bond acceptors (Lipinski definition) is 6. The zero-order chi connectivity index (χ0) is 31.1. The van der Waals surface area contributed by atoms with Gasteiger partial charge in [-0.15, -0.1) is 22.7 Å². The smallest absolute Gasteiger partial charge is 0.265 e. The molecule has 9 heteroatoms. The van der Waals surface area contributed by atoms with Crippen molar-refractivity contribution in [3.63, 3.8) is 0 Å². The fraction of sp³-hybridized carbons (Fsp3) is 0.472. The Hall–Kier alpha value is -2.78. The first-order valence-corrected chi connectivity index (χ1v) is 18.3. The third kappa shape index (κ3) is 4.46. The number of rotatable bonds is 5. The Labute approximate surface area is 278 Å². The molecular formula is C36H39ClN4O2S2. The molecule has 2 amide bonds. The molecule has 4 unspecified atom stereocenters.